The summed E-state index contributed by atoms with van der Waals surface area (Å²) in [5, 5.41) is 12.0. The molecule has 0 spiro atoms. The second-order valence-electron chi connectivity index (χ2n) is 7.57. The second kappa shape index (κ2) is 9.02. The number of anilines is 3. The van der Waals surface area contributed by atoms with Crippen molar-refractivity contribution < 1.29 is 21.2 Å². The number of primary sulfonamides is 1. The number of hydrogen-bond acceptors (Lipinski definition) is 8. The Morgan fingerprint density at radius 1 is 1.15 bits per heavy atom. The lowest BCUT2D eigenvalue weighted by atomic mass is 10.1. The van der Waals surface area contributed by atoms with E-state index < -0.39 is 25.9 Å². The standard InChI is InChI=1S/C20H21FN6O4S2/c21-18-11-23-20(25-16-5-2-6-17(10-16)33(22,30)31)26-19(18)24-15-4-1-3-13(9-15)12-32(28,29)27-14-7-8-14/h1-6,10-12,14,27H,7-9H2,(H2,22,30,31)(H2,23,24,25,26)/b13-12+. The fourth-order valence-corrected chi connectivity index (χ4v) is 4.89. The molecule has 0 amide bonds. The van der Waals surface area contributed by atoms with E-state index in [0.717, 1.165) is 24.4 Å². The molecule has 2 aromatic rings. The summed E-state index contributed by atoms with van der Waals surface area (Å²) in [4.78, 5) is 7.86. The predicted molar refractivity (Wildman–Crippen MR) is 122 cm³/mol. The van der Waals surface area contributed by atoms with Crippen LogP contribution in [0.15, 0.2) is 70.3 Å². The average Bonchev–Trinajstić information content (AvgIpc) is 3.53. The molecule has 174 valence electrons. The minimum Gasteiger partial charge on any atom is -0.341 e. The van der Waals surface area contributed by atoms with E-state index in [2.05, 4.69) is 25.3 Å². The maximum absolute atomic E-state index is 14.3. The topological polar surface area (TPSA) is 156 Å². The zero-order chi connectivity index (χ0) is 23.6. The van der Waals surface area contributed by atoms with Crippen LogP contribution in [0.2, 0.25) is 0 Å². The highest BCUT2D eigenvalue weighted by atomic mass is 32.2. The first-order valence-corrected chi connectivity index (χ1v) is 13.0. The Balaban J connectivity index is 1.48. The number of rotatable bonds is 8. The quantitative estimate of drug-likeness (QED) is 0.437. The van der Waals surface area contributed by atoms with Crippen LogP contribution in [0.4, 0.5) is 21.8 Å². The lowest BCUT2D eigenvalue weighted by Crippen LogP contribution is -2.23. The number of benzene rings is 1. The predicted octanol–water partition coefficient (Wildman–Crippen LogP) is 2.23. The average molecular weight is 493 g/mol. The molecule has 0 unspecified atom stereocenters. The van der Waals surface area contributed by atoms with Crippen LogP contribution in [0.5, 0.6) is 0 Å². The fraction of sp³-hybridized carbons (Fsp3) is 0.200. The normalized spacial score (nSPS) is 17.6. The van der Waals surface area contributed by atoms with E-state index in [1.165, 1.54) is 18.2 Å². The van der Waals surface area contributed by atoms with Gasteiger partial charge in [-0.3, -0.25) is 0 Å². The molecule has 1 aromatic carbocycles. The lowest BCUT2D eigenvalue weighted by Gasteiger charge is -2.15. The molecule has 2 aliphatic carbocycles. The summed E-state index contributed by atoms with van der Waals surface area (Å²) in [5.41, 5.74) is 1.41. The van der Waals surface area contributed by atoms with Crippen molar-refractivity contribution in [3.05, 3.63) is 71.2 Å². The van der Waals surface area contributed by atoms with Gasteiger partial charge in [0.2, 0.25) is 26.0 Å². The van der Waals surface area contributed by atoms with Gasteiger partial charge >= 0.3 is 0 Å². The molecule has 13 heteroatoms. The van der Waals surface area contributed by atoms with Crippen molar-refractivity contribution in [2.75, 3.05) is 10.6 Å². The molecular formula is C20H21FN6O4S2. The number of sulfonamides is 2. The summed E-state index contributed by atoms with van der Waals surface area (Å²) in [6, 6.07) is 5.71. The lowest BCUT2D eigenvalue weighted by molar-refractivity contribution is 0.589. The van der Waals surface area contributed by atoms with Gasteiger partial charge in [0.1, 0.15) is 0 Å². The smallest absolute Gasteiger partial charge is 0.238 e. The van der Waals surface area contributed by atoms with Gasteiger partial charge in [-0.05, 0) is 42.7 Å². The van der Waals surface area contributed by atoms with Gasteiger partial charge < -0.3 is 10.6 Å². The molecule has 4 rings (SSSR count). The van der Waals surface area contributed by atoms with Crippen molar-refractivity contribution in [1.29, 1.82) is 0 Å². The molecule has 1 heterocycles. The molecule has 1 fully saturated rings. The summed E-state index contributed by atoms with van der Waals surface area (Å²) in [5.74, 6) is -0.831. The van der Waals surface area contributed by atoms with Crippen molar-refractivity contribution in [2.45, 2.75) is 30.2 Å². The summed E-state index contributed by atoms with van der Waals surface area (Å²) in [6.45, 7) is 0. The molecule has 0 bridgehead atoms. The van der Waals surface area contributed by atoms with E-state index in [0.29, 0.717) is 17.0 Å². The highest BCUT2D eigenvalue weighted by Gasteiger charge is 2.26. The molecule has 1 aromatic heterocycles. The van der Waals surface area contributed by atoms with Crippen molar-refractivity contribution >= 4 is 37.5 Å². The fourth-order valence-electron chi connectivity index (χ4n) is 3.01. The molecule has 0 aliphatic heterocycles. The van der Waals surface area contributed by atoms with Crippen LogP contribution >= 0.6 is 0 Å². The molecule has 33 heavy (non-hydrogen) atoms. The Kier molecular flexibility index (Phi) is 6.30. The largest absolute Gasteiger partial charge is 0.341 e. The minimum absolute atomic E-state index is 0.000697. The van der Waals surface area contributed by atoms with Gasteiger partial charge in [-0.15, -0.1) is 0 Å². The van der Waals surface area contributed by atoms with Crippen molar-refractivity contribution in [3.63, 3.8) is 0 Å². The Hall–Kier alpha value is -3.13. The Morgan fingerprint density at radius 3 is 2.67 bits per heavy atom. The van der Waals surface area contributed by atoms with Crippen LogP contribution in [0.1, 0.15) is 19.3 Å². The molecule has 2 aliphatic rings. The van der Waals surface area contributed by atoms with Gasteiger partial charge in [0, 0.05) is 29.3 Å². The van der Waals surface area contributed by atoms with E-state index in [1.54, 1.807) is 24.3 Å². The van der Waals surface area contributed by atoms with Gasteiger partial charge in [0.25, 0.3) is 0 Å². The van der Waals surface area contributed by atoms with Crippen molar-refractivity contribution in [1.82, 2.24) is 14.7 Å². The first-order chi connectivity index (χ1) is 15.6. The highest BCUT2D eigenvalue weighted by molar-refractivity contribution is 7.92. The van der Waals surface area contributed by atoms with E-state index in [-0.39, 0.29) is 29.1 Å². The molecule has 5 N–H and O–H groups in total. The second-order valence-corrected chi connectivity index (χ2v) is 10.7. The number of nitrogens with two attached hydrogens (primary N) is 1. The van der Waals surface area contributed by atoms with Gasteiger partial charge in [0.05, 0.1) is 11.1 Å². The van der Waals surface area contributed by atoms with Gasteiger partial charge in [-0.2, -0.15) is 4.98 Å². The summed E-state index contributed by atoms with van der Waals surface area (Å²) in [7, 11) is -7.45. The maximum atomic E-state index is 14.3. The number of aromatic nitrogens is 2. The van der Waals surface area contributed by atoms with E-state index >= 15 is 0 Å². The Bertz CT molecular complexity index is 1380. The minimum atomic E-state index is -3.89. The third kappa shape index (κ3) is 6.44. The molecule has 0 atom stereocenters. The number of hydrogen-bond donors (Lipinski definition) is 4. The third-order valence-corrected chi connectivity index (χ3v) is 6.84. The van der Waals surface area contributed by atoms with Crippen molar-refractivity contribution in [3.8, 4) is 0 Å². The monoisotopic (exact) mass is 492 g/mol. The van der Waals surface area contributed by atoms with Crippen LogP contribution < -0.4 is 20.5 Å². The zero-order valence-corrected chi connectivity index (χ0v) is 18.8. The van der Waals surface area contributed by atoms with Crippen LogP contribution in [-0.2, 0) is 20.0 Å². The van der Waals surface area contributed by atoms with E-state index in [9.17, 15) is 21.2 Å². The van der Waals surface area contributed by atoms with Crippen LogP contribution in [0, 0.1) is 5.82 Å². The van der Waals surface area contributed by atoms with Crippen LogP contribution in [-0.4, -0.2) is 32.8 Å². The molecule has 0 radical (unpaired) electrons. The third-order valence-electron chi connectivity index (χ3n) is 4.66. The zero-order valence-electron chi connectivity index (χ0n) is 17.2. The number of nitrogens with zero attached hydrogens (tertiary/aromatic N) is 2. The highest BCUT2D eigenvalue weighted by Crippen LogP contribution is 2.25. The van der Waals surface area contributed by atoms with Gasteiger partial charge in [-0.1, -0.05) is 18.2 Å². The summed E-state index contributed by atoms with van der Waals surface area (Å²) < 4.78 is 64.3. The first-order valence-electron chi connectivity index (χ1n) is 9.87. The summed E-state index contributed by atoms with van der Waals surface area (Å²) >= 11 is 0. The van der Waals surface area contributed by atoms with E-state index in [1.807, 2.05) is 0 Å². The molecule has 10 nitrogen and oxygen atoms in total. The van der Waals surface area contributed by atoms with Crippen LogP contribution in [0.3, 0.4) is 0 Å². The molecule has 0 saturated heterocycles. The maximum Gasteiger partial charge on any atom is 0.238 e. The summed E-state index contributed by atoms with van der Waals surface area (Å²) in [6.07, 6.45) is 7.86. The number of nitrogens with one attached hydrogen (secondary N) is 3. The Labute approximate surface area is 190 Å². The SMILES string of the molecule is NS(=O)(=O)c1cccc(Nc2ncc(F)c(NC3=CC=C/C(=C\S(=O)(=O)NC4CC4)C3)n2)c1. The van der Waals surface area contributed by atoms with Gasteiger partial charge in [-0.25, -0.2) is 36.1 Å². The van der Waals surface area contributed by atoms with Gasteiger partial charge in [0.15, 0.2) is 11.6 Å². The number of halogens is 1. The van der Waals surface area contributed by atoms with Crippen molar-refractivity contribution in [2.24, 2.45) is 5.14 Å². The Morgan fingerprint density at radius 2 is 1.94 bits per heavy atom. The van der Waals surface area contributed by atoms with Crippen LogP contribution in [0.25, 0.3) is 0 Å². The molecular weight excluding hydrogens is 471 g/mol. The number of allylic oxidation sites excluding steroid dienone is 4. The van der Waals surface area contributed by atoms with E-state index in [4.69, 9.17) is 5.14 Å². The molecule has 1 saturated carbocycles. The first kappa shape index (κ1) is 23.0.